The number of ether oxygens (including phenoxy) is 3. The molecule has 0 spiro atoms. The van der Waals surface area contributed by atoms with Gasteiger partial charge in [0.05, 0.1) is 16.6 Å². The van der Waals surface area contributed by atoms with Gasteiger partial charge in [-0.1, -0.05) is 0 Å². The SMILES string of the molecule is CC(C)Oc1ccc(S(C)(=O)=O)cc1C(=O)N1CCc2cc3c(cc2C1)OCO3. The Morgan fingerprint density at radius 3 is 2.45 bits per heavy atom. The number of benzene rings is 2. The number of carbonyl (C=O) groups is 1. The normalized spacial score (nSPS) is 15.4. The van der Waals surface area contributed by atoms with Crippen molar-refractivity contribution in [2.24, 2.45) is 0 Å². The second-order valence-corrected chi connectivity index (χ2v) is 9.56. The molecule has 0 N–H and O–H groups in total. The van der Waals surface area contributed by atoms with Crippen molar-refractivity contribution in [3.05, 3.63) is 47.0 Å². The molecule has 0 fully saturated rings. The van der Waals surface area contributed by atoms with Gasteiger partial charge in [-0.25, -0.2) is 8.42 Å². The molecule has 0 aliphatic carbocycles. The molecule has 7 nitrogen and oxygen atoms in total. The molecule has 29 heavy (non-hydrogen) atoms. The van der Waals surface area contributed by atoms with Crippen LogP contribution in [-0.2, 0) is 22.8 Å². The van der Waals surface area contributed by atoms with Gasteiger partial charge in [0, 0.05) is 19.3 Å². The maximum Gasteiger partial charge on any atom is 0.257 e. The third-order valence-electron chi connectivity index (χ3n) is 4.97. The summed E-state index contributed by atoms with van der Waals surface area (Å²) < 4.78 is 40.7. The van der Waals surface area contributed by atoms with E-state index in [0.717, 1.165) is 23.1 Å². The highest BCUT2D eigenvalue weighted by Gasteiger charge is 2.28. The van der Waals surface area contributed by atoms with Crippen molar-refractivity contribution in [1.29, 1.82) is 0 Å². The zero-order valence-electron chi connectivity index (χ0n) is 16.6. The lowest BCUT2D eigenvalue weighted by atomic mass is 9.98. The molecule has 1 amide bonds. The Morgan fingerprint density at radius 1 is 1.10 bits per heavy atom. The van der Waals surface area contributed by atoms with Gasteiger partial charge in [0.25, 0.3) is 5.91 Å². The second-order valence-electron chi connectivity index (χ2n) is 7.55. The predicted molar refractivity (Wildman–Crippen MR) is 106 cm³/mol. The van der Waals surface area contributed by atoms with Crippen molar-refractivity contribution < 1.29 is 27.4 Å². The minimum absolute atomic E-state index is 0.0951. The molecule has 0 bridgehead atoms. The summed E-state index contributed by atoms with van der Waals surface area (Å²) in [5.74, 6) is 1.54. The number of hydrogen-bond donors (Lipinski definition) is 0. The molecule has 0 aromatic heterocycles. The Hall–Kier alpha value is -2.74. The van der Waals surface area contributed by atoms with E-state index in [0.29, 0.717) is 31.0 Å². The van der Waals surface area contributed by atoms with Crippen LogP contribution in [0.1, 0.15) is 35.3 Å². The quantitative estimate of drug-likeness (QED) is 0.761. The fourth-order valence-corrected chi connectivity index (χ4v) is 4.20. The Morgan fingerprint density at radius 2 is 1.79 bits per heavy atom. The van der Waals surface area contributed by atoms with Gasteiger partial charge in [-0.15, -0.1) is 0 Å². The average Bonchev–Trinajstić information content (AvgIpc) is 3.11. The first kappa shape index (κ1) is 19.6. The molecule has 154 valence electrons. The first-order valence-corrected chi connectivity index (χ1v) is 11.3. The van der Waals surface area contributed by atoms with Crippen LogP contribution in [0.2, 0.25) is 0 Å². The van der Waals surface area contributed by atoms with Crippen LogP contribution in [0.3, 0.4) is 0 Å². The van der Waals surface area contributed by atoms with Gasteiger partial charge in [0.15, 0.2) is 21.3 Å². The molecular weight excluding hydrogens is 394 g/mol. The molecule has 2 aromatic rings. The Kier molecular flexibility index (Phi) is 4.90. The molecule has 0 unspecified atom stereocenters. The maximum atomic E-state index is 13.3. The largest absolute Gasteiger partial charge is 0.490 e. The molecule has 2 aliphatic heterocycles. The molecule has 0 atom stereocenters. The Labute approximate surface area is 170 Å². The fourth-order valence-electron chi connectivity index (χ4n) is 3.55. The van der Waals surface area contributed by atoms with Gasteiger partial charge in [-0.2, -0.15) is 0 Å². The summed E-state index contributed by atoms with van der Waals surface area (Å²) >= 11 is 0. The van der Waals surface area contributed by atoms with Crippen molar-refractivity contribution in [1.82, 2.24) is 4.90 Å². The fraction of sp³-hybridized carbons (Fsp3) is 0.381. The highest BCUT2D eigenvalue weighted by Crippen LogP contribution is 2.37. The average molecular weight is 417 g/mol. The lowest BCUT2D eigenvalue weighted by Crippen LogP contribution is -2.36. The van der Waals surface area contributed by atoms with Gasteiger partial charge >= 0.3 is 0 Å². The number of sulfone groups is 1. The number of amides is 1. The molecule has 8 heteroatoms. The standard InChI is InChI=1S/C21H23NO6S/c1-13(2)28-18-5-4-16(29(3,24)25)10-17(18)21(23)22-7-6-14-8-19-20(27-12-26-19)9-15(14)11-22/h4-5,8-10,13H,6-7,11-12H2,1-3H3. The van der Waals surface area contributed by atoms with Gasteiger partial charge in [0.1, 0.15) is 5.75 Å². The first-order chi connectivity index (χ1) is 13.7. The van der Waals surface area contributed by atoms with Gasteiger partial charge in [0.2, 0.25) is 6.79 Å². The van der Waals surface area contributed by atoms with Crippen molar-refractivity contribution in [3.8, 4) is 17.2 Å². The van der Waals surface area contributed by atoms with Gasteiger partial charge in [-0.3, -0.25) is 4.79 Å². The molecule has 0 saturated heterocycles. The van der Waals surface area contributed by atoms with Crippen LogP contribution in [0.25, 0.3) is 0 Å². The van der Waals surface area contributed by atoms with Crippen LogP contribution in [-0.4, -0.2) is 44.9 Å². The van der Waals surface area contributed by atoms with E-state index in [1.54, 1.807) is 11.0 Å². The van der Waals surface area contributed by atoms with Crippen LogP contribution >= 0.6 is 0 Å². The highest BCUT2D eigenvalue weighted by molar-refractivity contribution is 7.90. The molecule has 0 saturated carbocycles. The van der Waals surface area contributed by atoms with Crippen molar-refractivity contribution in [3.63, 3.8) is 0 Å². The van der Waals surface area contributed by atoms with E-state index in [2.05, 4.69) is 0 Å². The van der Waals surface area contributed by atoms with Crippen molar-refractivity contribution in [2.75, 3.05) is 19.6 Å². The summed E-state index contributed by atoms with van der Waals surface area (Å²) in [6, 6.07) is 8.31. The monoisotopic (exact) mass is 417 g/mol. The zero-order valence-corrected chi connectivity index (χ0v) is 17.4. The zero-order chi connectivity index (χ0) is 20.8. The van der Waals surface area contributed by atoms with E-state index in [-0.39, 0.29) is 29.3 Å². The third-order valence-corrected chi connectivity index (χ3v) is 6.08. The molecule has 2 aromatic carbocycles. The highest BCUT2D eigenvalue weighted by atomic mass is 32.2. The summed E-state index contributed by atoms with van der Waals surface area (Å²) in [5.41, 5.74) is 2.38. The molecule has 0 radical (unpaired) electrons. The van der Waals surface area contributed by atoms with Gasteiger partial charge < -0.3 is 19.1 Å². The van der Waals surface area contributed by atoms with E-state index in [1.165, 1.54) is 12.1 Å². The lowest BCUT2D eigenvalue weighted by Gasteiger charge is -2.30. The summed E-state index contributed by atoms with van der Waals surface area (Å²) in [4.78, 5) is 15.1. The Bertz CT molecular complexity index is 1080. The summed E-state index contributed by atoms with van der Waals surface area (Å²) in [5, 5.41) is 0. The minimum atomic E-state index is -3.45. The molecule has 2 aliphatic rings. The molecular formula is C21H23NO6S. The topological polar surface area (TPSA) is 82.1 Å². The molecule has 2 heterocycles. The predicted octanol–water partition coefficient (Wildman–Crippen LogP) is 2.80. The van der Waals surface area contributed by atoms with E-state index < -0.39 is 9.84 Å². The number of rotatable bonds is 4. The van der Waals surface area contributed by atoms with Crippen LogP contribution in [0.4, 0.5) is 0 Å². The van der Waals surface area contributed by atoms with E-state index in [4.69, 9.17) is 14.2 Å². The van der Waals surface area contributed by atoms with E-state index >= 15 is 0 Å². The smallest absolute Gasteiger partial charge is 0.257 e. The van der Waals surface area contributed by atoms with Crippen molar-refractivity contribution >= 4 is 15.7 Å². The van der Waals surface area contributed by atoms with Crippen molar-refractivity contribution in [2.45, 2.75) is 37.8 Å². The second kappa shape index (κ2) is 7.26. The summed E-state index contributed by atoms with van der Waals surface area (Å²) in [6.07, 6.45) is 1.66. The number of carbonyl (C=O) groups excluding carboxylic acids is 1. The summed E-state index contributed by atoms with van der Waals surface area (Å²) in [6.45, 7) is 4.86. The number of hydrogen-bond acceptors (Lipinski definition) is 6. The number of nitrogens with zero attached hydrogens (tertiary/aromatic N) is 1. The first-order valence-electron chi connectivity index (χ1n) is 9.44. The van der Waals surface area contributed by atoms with Crippen LogP contribution in [0, 0.1) is 0 Å². The number of fused-ring (bicyclic) bond motifs is 2. The third kappa shape index (κ3) is 3.89. The van der Waals surface area contributed by atoms with Crippen LogP contribution < -0.4 is 14.2 Å². The van der Waals surface area contributed by atoms with Crippen LogP contribution in [0.5, 0.6) is 17.2 Å². The van der Waals surface area contributed by atoms with E-state index in [9.17, 15) is 13.2 Å². The lowest BCUT2D eigenvalue weighted by molar-refractivity contribution is 0.0728. The molecule has 4 rings (SSSR count). The van der Waals surface area contributed by atoms with Crippen LogP contribution in [0.15, 0.2) is 35.2 Å². The van der Waals surface area contributed by atoms with Gasteiger partial charge in [-0.05, 0) is 61.7 Å². The summed E-state index contributed by atoms with van der Waals surface area (Å²) in [7, 11) is -3.45. The Balaban J connectivity index is 1.67. The maximum absolute atomic E-state index is 13.3. The van der Waals surface area contributed by atoms with E-state index in [1.807, 2.05) is 26.0 Å². The minimum Gasteiger partial charge on any atom is -0.490 e.